The van der Waals surface area contributed by atoms with Gasteiger partial charge in [0.15, 0.2) is 5.13 Å². The van der Waals surface area contributed by atoms with Gasteiger partial charge in [-0.1, -0.05) is 11.3 Å². The smallest absolute Gasteiger partial charge is 0.225 e. The fraction of sp³-hybridized carbons (Fsp3) is 0.562. The van der Waals surface area contributed by atoms with Crippen LogP contribution in [0.25, 0.3) is 10.3 Å². The molecule has 2 aliphatic heterocycles. The van der Waals surface area contributed by atoms with Crippen molar-refractivity contribution in [1.82, 2.24) is 14.9 Å². The van der Waals surface area contributed by atoms with E-state index in [1.807, 2.05) is 18.3 Å². The Kier molecular flexibility index (Phi) is 3.70. The van der Waals surface area contributed by atoms with E-state index in [1.165, 1.54) is 12.8 Å². The first kappa shape index (κ1) is 13.9. The number of likely N-dealkylation sites (tertiary alicyclic amines) is 1. The van der Waals surface area contributed by atoms with E-state index in [0.717, 1.165) is 54.5 Å². The molecule has 0 spiro atoms. The highest BCUT2D eigenvalue weighted by Crippen LogP contribution is 2.31. The Bertz CT molecular complexity index is 639. The monoisotopic (exact) mass is 316 g/mol. The first-order valence-corrected chi connectivity index (χ1v) is 8.88. The van der Waals surface area contributed by atoms with Crippen molar-refractivity contribution in [3.8, 4) is 0 Å². The summed E-state index contributed by atoms with van der Waals surface area (Å²) in [7, 11) is 0. The fourth-order valence-corrected chi connectivity index (χ4v) is 4.37. The zero-order valence-corrected chi connectivity index (χ0v) is 13.4. The van der Waals surface area contributed by atoms with Gasteiger partial charge in [-0.2, -0.15) is 0 Å². The van der Waals surface area contributed by atoms with E-state index >= 15 is 0 Å². The second kappa shape index (κ2) is 5.83. The number of hydrogen-bond donors (Lipinski definition) is 0. The van der Waals surface area contributed by atoms with E-state index in [0.29, 0.717) is 5.91 Å². The molecule has 2 aromatic rings. The van der Waals surface area contributed by atoms with Gasteiger partial charge in [0.1, 0.15) is 10.3 Å². The highest BCUT2D eigenvalue weighted by atomic mass is 32.1. The van der Waals surface area contributed by atoms with E-state index in [2.05, 4.69) is 19.8 Å². The number of thiazole rings is 1. The first-order chi connectivity index (χ1) is 10.8. The van der Waals surface area contributed by atoms with Gasteiger partial charge < -0.3 is 9.80 Å². The van der Waals surface area contributed by atoms with Gasteiger partial charge in [-0.15, -0.1) is 0 Å². The summed E-state index contributed by atoms with van der Waals surface area (Å²) in [4.78, 5) is 26.9. The van der Waals surface area contributed by atoms with Crippen molar-refractivity contribution >= 4 is 32.7 Å². The van der Waals surface area contributed by atoms with Crippen LogP contribution >= 0.6 is 11.3 Å². The maximum absolute atomic E-state index is 12.5. The Balaban J connectivity index is 1.41. The summed E-state index contributed by atoms with van der Waals surface area (Å²) < 4.78 is 0. The van der Waals surface area contributed by atoms with Crippen LogP contribution in [-0.4, -0.2) is 47.0 Å². The molecule has 5 nitrogen and oxygen atoms in total. The summed E-state index contributed by atoms with van der Waals surface area (Å²) in [6.07, 6.45) is 6.04. The van der Waals surface area contributed by atoms with Crippen molar-refractivity contribution in [2.75, 3.05) is 31.1 Å². The lowest BCUT2D eigenvalue weighted by Gasteiger charge is -2.32. The third-order valence-corrected chi connectivity index (χ3v) is 5.73. The molecule has 0 bridgehead atoms. The van der Waals surface area contributed by atoms with Gasteiger partial charge in [-0.05, 0) is 37.8 Å². The van der Waals surface area contributed by atoms with Crippen LogP contribution in [0.15, 0.2) is 18.3 Å². The van der Waals surface area contributed by atoms with Gasteiger partial charge >= 0.3 is 0 Å². The predicted octanol–water partition coefficient (Wildman–Crippen LogP) is 2.53. The molecular formula is C16H20N4OS. The number of anilines is 1. The number of pyridine rings is 1. The summed E-state index contributed by atoms with van der Waals surface area (Å²) in [6, 6.07) is 3.93. The number of aromatic nitrogens is 2. The number of carbonyl (C=O) groups is 1. The second-order valence-electron chi connectivity index (χ2n) is 6.12. The largest absolute Gasteiger partial charge is 0.348 e. The molecule has 2 aromatic heterocycles. The second-order valence-corrected chi connectivity index (χ2v) is 7.07. The van der Waals surface area contributed by atoms with Gasteiger partial charge in [0.2, 0.25) is 5.91 Å². The lowest BCUT2D eigenvalue weighted by molar-refractivity contribution is -0.135. The Morgan fingerprint density at radius 3 is 2.68 bits per heavy atom. The maximum Gasteiger partial charge on any atom is 0.225 e. The topological polar surface area (TPSA) is 49.3 Å². The van der Waals surface area contributed by atoms with Crippen molar-refractivity contribution in [1.29, 1.82) is 0 Å². The van der Waals surface area contributed by atoms with Crippen LogP contribution < -0.4 is 4.90 Å². The highest BCUT2D eigenvalue weighted by molar-refractivity contribution is 7.21. The molecular weight excluding hydrogens is 296 g/mol. The summed E-state index contributed by atoms with van der Waals surface area (Å²) in [6.45, 7) is 3.76. The molecule has 0 saturated carbocycles. The third kappa shape index (κ3) is 2.56. The lowest BCUT2D eigenvalue weighted by atomic mass is 9.95. The summed E-state index contributed by atoms with van der Waals surface area (Å²) in [5.41, 5.74) is 0.970. The molecule has 0 aliphatic carbocycles. The molecule has 2 saturated heterocycles. The highest BCUT2D eigenvalue weighted by Gasteiger charge is 2.30. The summed E-state index contributed by atoms with van der Waals surface area (Å²) >= 11 is 1.65. The number of fused-ring (bicyclic) bond motifs is 1. The average Bonchev–Trinajstić information content (AvgIpc) is 3.23. The molecule has 0 N–H and O–H groups in total. The third-order valence-electron chi connectivity index (χ3n) is 4.69. The SMILES string of the molecule is O=C(C1CCN(c2nc3cccnc3s2)CC1)N1CCCC1. The van der Waals surface area contributed by atoms with Crippen LogP contribution in [0.5, 0.6) is 0 Å². The lowest BCUT2D eigenvalue weighted by Crippen LogP contribution is -2.41. The number of nitrogens with zero attached hydrogens (tertiary/aromatic N) is 4. The molecule has 116 valence electrons. The van der Waals surface area contributed by atoms with Gasteiger partial charge in [-0.25, -0.2) is 9.97 Å². The molecule has 0 aromatic carbocycles. The number of hydrogen-bond acceptors (Lipinski definition) is 5. The van der Waals surface area contributed by atoms with Crippen molar-refractivity contribution in [3.63, 3.8) is 0 Å². The minimum absolute atomic E-state index is 0.210. The van der Waals surface area contributed by atoms with Crippen molar-refractivity contribution < 1.29 is 4.79 Å². The molecule has 4 heterocycles. The van der Waals surface area contributed by atoms with Crippen LogP contribution in [0.1, 0.15) is 25.7 Å². The Hall–Kier alpha value is -1.69. The quantitative estimate of drug-likeness (QED) is 0.854. The molecule has 4 rings (SSSR count). The molecule has 2 aliphatic rings. The van der Waals surface area contributed by atoms with Crippen LogP contribution in [0.2, 0.25) is 0 Å². The molecule has 6 heteroatoms. The summed E-state index contributed by atoms with van der Waals surface area (Å²) in [5.74, 6) is 0.588. The van der Waals surface area contributed by atoms with Crippen LogP contribution in [-0.2, 0) is 4.79 Å². The zero-order chi connectivity index (χ0) is 14.9. The minimum atomic E-state index is 0.210. The van der Waals surface area contributed by atoms with Crippen molar-refractivity contribution in [2.45, 2.75) is 25.7 Å². The molecule has 0 unspecified atom stereocenters. The van der Waals surface area contributed by atoms with E-state index < -0.39 is 0 Å². The Labute approximate surface area is 134 Å². The van der Waals surface area contributed by atoms with E-state index in [4.69, 9.17) is 0 Å². The Morgan fingerprint density at radius 2 is 1.95 bits per heavy atom. The van der Waals surface area contributed by atoms with Crippen molar-refractivity contribution in [2.24, 2.45) is 5.92 Å². The van der Waals surface area contributed by atoms with E-state index in [1.54, 1.807) is 11.3 Å². The normalized spacial score (nSPS) is 20.0. The first-order valence-electron chi connectivity index (χ1n) is 8.06. The summed E-state index contributed by atoms with van der Waals surface area (Å²) in [5, 5.41) is 1.04. The van der Waals surface area contributed by atoms with Crippen molar-refractivity contribution in [3.05, 3.63) is 18.3 Å². The zero-order valence-electron chi connectivity index (χ0n) is 12.6. The van der Waals surface area contributed by atoms with Gasteiger partial charge in [0, 0.05) is 38.3 Å². The van der Waals surface area contributed by atoms with Crippen LogP contribution in [0.4, 0.5) is 5.13 Å². The number of rotatable bonds is 2. The minimum Gasteiger partial charge on any atom is -0.348 e. The molecule has 22 heavy (non-hydrogen) atoms. The van der Waals surface area contributed by atoms with Gasteiger partial charge in [0.25, 0.3) is 0 Å². The van der Waals surface area contributed by atoms with E-state index in [9.17, 15) is 4.79 Å². The number of carbonyl (C=O) groups excluding carboxylic acids is 1. The number of amides is 1. The standard InChI is InChI=1S/C16H20N4OS/c21-15(19-8-1-2-9-19)12-5-10-20(11-6-12)16-18-13-4-3-7-17-14(13)22-16/h3-4,7,12H,1-2,5-6,8-11H2. The van der Waals surface area contributed by atoms with E-state index in [-0.39, 0.29) is 5.92 Å². The Morgan fingerprint density at radius 1 is 1.18 bits per heavy atom. The number of piperidine rings is 1. The fourth-order valence-electron chi connectivity index (χ4n) is 3.41. The molecule has 1 amide bonds. The molecule has 2 fully saturated rings. The van der Waals surface area contributed by atoms with Crippen LogP contribution in [0, 0.1) is 5.92 Å². The predicted molar refractivity (Wildman–Crippen MR) is 88.2 cm³/mol. The van der Waals surface area contributed by atoms with Crippen LogP contribution in [0.3, 0.4) is 0 Å². The molecule has 0 atom stereocenters. The average molecular weight is 316 g/mol. The van der Waals surface area contributed by atoms with Gasteiger partial charge in [-0.3, -0.25) is 4.79 Å². The maximum atomic E-state index is 12.5. The van der Waals surface area contributed by atoms with Gasteiger partial charge in [0.05, 0.1) is 0 Å². The molecule has 0 radical (unpaired) electrons.